The fourth-order valence-corrected chi connectivity index (χ4v) is 3.12. The number of amides is 1. The van der Waals surface area contributed by atoms with Gasteiger partial charge in [0.1, 0.15) is 5.54 Å². The number of carbonyl (C=O) groups is 1. The van der Waals surface area contributed by atoms with Crippen LogP contribution >= 0.6 is 11.3 Å². The van der Waals surface area contributed by atoms with Gasteiger partial charge in [0, 0.05) is 17.5 Å². The first kappa shape index (κ1) is 7.87. The normalized spacial score (nSPS) is 24.7. The zero-order valence-electron chi connectivity index (χ0n) is 7.99. The lowest BCUT2D eigenvalue weighted by Crippen LogP contribution is -2.38. The highest BCUT2D eigenvalue weighted by molar-refractivity contribution is 7.08. The number of fused-ring (bicyclic) bond motifs is 3. The quantitative estimate of drug-likeness (QED) is 0.713. The van der Waals surface area contributed by atoms with Gasteiger partial charge in [-0.25, -0.2) is 4.99 Å². The first-order chi connectivity index (χ1) is 7.29. The molecule has 1 saturated carbocycles. The van der Waals surface area contributed by atoms with Gasteiger partial charge in [0.25, 0.3) is 5.91 Å². The van der Waals surface area contributed by atoms with Gasteiger partial charge in [-0.1, -0.05) is 0 Å². The lowest BCUT2D eigenvalue weighted by Gasteiger charge is -2.26. The van der Waals surface area contributed by atoms with Crippen molar-refractivity contribution in [1.29, 1.82) is 0 Å². The van der Waals surface area contributed by atoms with Gasteiger partial charge in [-0.15, -0.1) is 11.3 Å². The molecule has 2 aliphatic heterocycles. The van der Waals surface area contributed by atoms with Crippen molar-refractivity contribution in [2.45, 2.75) is 24.9 Å². The number of guanidine groups is 1. The van der Waals surface area contributed by atoms with Crippen LogP contribution in [0.25, 0.3) is 0 Å². The van der Waals surface area contributed by atoms with Crippen LogP contribution in [0, 0.1) is 0 Å². The number of hydrogen-bond donors (Lipinski definition) is 1. The molecule has 1 aromatic heterocycles. The van der Waals surface area contributed by atoms with Gasteiger partial charge in [-0.2, -0.15) is 0 Å². The predicted molar refractivity (Wildman–Crippen MR) is 57.1 cm³/mol. The van der Waals surface area contributed by atoms with Crippen LogP contribution in [0.2, 0.25) is 0 Å². The van der Waals surface area contributed by atoms with Gasteiger partial charge < -0.3 is 4.90 Å². The fourth-order valence-electron chi connectivity index (χ4n) is 2.36. The number of carbonyl (C=O) groups excluding carboxylic acids is 1. The Bertz CT molecular complexity index is 501. The van der Waals surface area contributed by atoms with Crippen LogP contribution in [0.1, 0.15) is 18.4 Å². The molecule has 0 radical (unpaired) electrons. The summed E-state index contributed by atoms with van der Waals surface area (Å²) < 4.78 is 0. The molecule has 1 amide bonds. The molecule has 5 heteroatoms. The molecular formula is C10H9N3OS. The Kier molecular flexibility index (Phi) is 1.18. The van der Waals surface area contributed by atoms with E-state index in [9.17, 15) is 4.79 Å². The van der Waals surface area contributed by atoms with Gasteiger partial charge in [0.2, 0.25) is 5.96 Å². The first-order valence-corrected chi connectivity index (χ1v) is 5.97. The number of hydrogen-bond acceptors (Lipinski definition) is 4. The molecule has 4 nitrogen and oxygen atoms in total. The third kappa shape index (κ3) is 0.825. The SMILES string of the molecule is O=C1NC2=Nc3cscc3CN2C12CC2. The molecule has 4 rings (SSSR count). The van der Waals surface area contributed by atoms with Crippen molar-refractivity contribution in [3.8, 4) is 0 Å². The standard InChI is InChI=1S/C10H9N3OS/c14-8-10(1-2-10)13-3-6-4-15-5-7(6)11-9(13)12-8/h4-5H,1-3H2,(H,11,12,14). The lowest BCUT2D eigenvalue weighted by atomic mass is 10.2. The summed E-state index contributed by atoms with van der Waals surface area (Å²) in [4.78, 5) is 18.4. The van der Waals surface area contributed by atoms with Crippen molar-refractivity contribution in [2.24, 2.45) is 4.99 Å². The molecule has 0 bridgehead atoms. The molecule has 0 atom stereocenters. The molecule has 1 spiro atoms. The maximum absolute atomic E-state index is 11.8. The van der Waals surface area contributed by atoms with Crippen LogP contribution in [0.5, 0.6) is 0 Å². The molecule has 1 aromatic rings. The molecule has 0 unspecified atom stereocenters. The largest absolute Gasteiger partial charge is 0.323 e. The van der Waals surface area contributed by atoms with Crippen molar-refractivity contribution in [2.75, 3.05) is 0 Å². The zero-order chi connectivity index (χ0) is 10.0. The average molecular weight is 219 g/mol. The van der Waals surface area contributed by atoms with Gasteiger partial charge >= 0.3 is 0 Å². The number of rotatable bonds is 0. The summed E-state index contributed by atoms with van der Waals surface area (Å²) in [6.07, 6.45) is 1.94. The molecule has 3 heterocycles. The monoisotopic (exact) mass is 219 g/mol. The molecule has 2 fully saturated rings. The fraction of sp³-hybridized carbons (Fsp3) is 0.400. The molecule has 3 aliphatic rings. The van der Waals surface area contributed by atoms with Gasteiger partial charge in [-0.3, -0.25) is 10.1 Å². The van der Waals surface area contributed by atoms with E-state index in [2.05, 4.69) is 20.6 Å². The maximum atomic E-state index is 11.8. The van der Waals surface area contributed by atoms with Crippen molar-refractivity contribution in [3.05, 3.63) is 16.3 Å². The summed E-state index contributed by atoms with van der Waals surface area (Å²) >= 11 is 1.67. The zero-order valence-corrected chi connectivity index (χ0v) is 8.80. The first-order valence-electron chi connectivity index (χ1n) is 5.02. The van der Waals surface area contributed by atoms with Crippen molar-refractivity contribution in [3.63, 3.8) is 0 Å². The van der Waals surface area contributed by atoms with Gasteiger partial charge in [-0.05, 0) is 18.2 Å². The molecule has 1 aliphatic carbocycles. The average Bonchev–Trinajstić information content (AvgIpc) is 2.83. The third-order valence-electron chi connectivity index (χ3n) is 3.42. The molecule has 1 saturated heterocycles. The molecule has 15 heavy (non-hydrogen) atoms. The van der Waals surface area contributed by atoms with Crippen molar-refractivity contribution in [1.82, 2.24) is 10.2 Å². The second kappa shape index (κ2) is 2.24. The molecule has 76 valence electrons. The molecule has 0 aromatic carbocycles. The lowest BCUT2D eigenvalue weighted by molar-refractivity contribution is -0.122. The second-order valence-corrected chi connectivity index (χ2v) is 5.03. The van der Waals surface area contributed by atoms with E-state index < -0.39 is 0 Å². The number of nitrogens with zero attached hydrogens (tertiary/aromatic N) is 2. The Balaban J connectivity index is 1.86. The van der Waals surface area contributed by atoms with E-state index in [0.29, 0.717) is 0 Å². The van der Waals surface area contributed by atoms with E-state index in [4.69, 9.17) is 0 Å². The van der Waals surface area contributed by atoms with Crippen LogP contribution in [-0.2, 0) is 11.3 Å². The number of aliphatic imine (C=N–C) groups is 1. The summed E-state index contributed by atoms with van der Waals surface area (Å²) in [7, 11) is 0. The minimum Gasteiger partial charge on any atom is -0.323 e. The van der Waals surface area contributed by atoms with Crippen molar-refractivity contribution >= 4 is 28.9 Å². The van der Waals surface area contributed by atoms with Crippen LogP contribution in [0.3, 0.4) is 0 Å². The Morgan fingerprint density at radius 1 is 1.47 bits per heavy atom. The topological polar surface area (TPSA) is 44.7 Å². The van der Waals surface area contributed by atoms with Crippen LogP contribution in [-0.4, -0.2) is 22.3 Å². The second-order valence-electron chi connectivity index (χ2n) is 4.29. The van der Waals surface area contributed by atoms with Crippen LogP contribution < -0.4 is 5.32 Å². The summed E-state index contributed by atoms with van der Waals surface area (Å²) in [5, 5.41) is 7.03. The van der Waals surface area contributed by atoms with E-state index in [1.807, 2.05) is 5.38 Å². The summed E-state index contributed by atoms with van der Waals surface area (Å²) in [6.45, 7) is 0.830. The Morgan fingerprint density at radius 3 is 3.13 bits per heavy atom. The predicted octanol–water partition coefficient (Wildman–Crippen LogP) is 1.21. The summed E-state index contributed by atoms with van der Waals surface area (Å²) in [5.41, 5.74) is 2.02. The van der Waals surface area contributed by atoms with Crippen molar-refractivity contribution < 1.29 is 4.79 Å². The smallest absolute Gasteiger partial charge is 0.252 e. The van der Waals surface area contributed by atoms with E-state index >= 15 is 0 Å². The Hall–Kier alpha value is -1.36. The van der Waals surface area contributed by atoms with Crippen LogP contribution in [0.15, 0.2) is 15.8 Å². The maximum Gasteiger partial charge on any atom is 0.252 e. The molecular weight excluding hydrogens is 210 g/mol. The minimum absolute atomic E-state index is 0.134. The third-order valence-corrected chi connectivity index (χ3v) is 4.20. The summed E-state index contributed by atoms with van der Waals surface area (Å²) in [5.74, 6) is 0.887. The minimum atomic E-state index is -0.238. The highest BCUT2D eigenvalue weighted by Gasteiger charge is 2.61. The van der Waals surface area contributed by atoms with E-state index in [0.717, 1.165) is 31.0 Å². The highest BCUT2D eigenvalue weighted by atomic mass is 32.1. The van der Waals surface area contributed by atoms with Crippen LogP contribution in [0.4, 0.5) is 5.69 Å². The molecule has 1 N–H and O–H groups in total. The number of nitrogens with one attached hydrogen (secondary N) is 1. The number of thiophene rings is 1. The van der Waals surface area contributed by atoms with E-state index in [1.54, 1.807) is 11.3 Å². The van der Waals surface area contributed by atoms with E-state index in [-0.39, 0.29) is 11.4 Å². The summed E-state index contributed by atoms with van der Waals surface area (Å²) in [6, 6.07) is 0. The van der Waals surface area contributed by atoms with E-state index in [1.165, 1.54) is 5.56 Å². The Morgan fingerprint density at radius 2 is 2.33 bits per heavy atom. The highest BCUT2D eigenvalue weighted by Crippen LogP contribution is 2.48. The Labute approximate surface area is 90.6 Å². The van der Waals surface area contributed by atoms with Gasteiger partial charge in [0.05, 0.1) is 5.69 Å². The van der Waals surface area contributed by atoms with Gasteiger partial charge in [0.15, 0.2) is 0 Å².